The Bertz CT molecular complexity index is 829. The minimum Gasteiger partial charge on any atom is -0.374 e. The maximum Gasteiger partial charge on any atom is 0.293 e. The van der Waals surface area contributed by atoms with Gasteiger partial charge in [0.05, 0.1) is 10.9 Å². The Morgan fingerprint density at radius 2 is 2.33 bits per heavy atom. The molecule has 0 atom stereocenters. The number of rotatable bonds is 2. The zero-order valence-corrected chi connectivity index (χ0v) is 10.1. The number of aryl methyl sites for hydroxylation is 1. The van der Waals surface area contributed by atoms with Gasteiger partial charge >= 0.3 is 0 Å². The lowest BCUT2D eigenvalue weighted by Gasteiger charge is -2.00. The van der Waals surface area contributed by atoms with Crippen molar-refractivity contribution in [2.45, 2.75) is 6.73 Å². The lowest BCUT2D eigenvalue weighted by Crippen LogP contribution is -2.23. The molecule has 0 radical (unpaired) electrons. The average molecular weight is 264 g/mol. The molecule has 0 unspecified atom stereocenters. The van der Waals surface area contributed by atoms with Gasteiger partial charge in [0.15, 0.2) is 16.9 Å². The first-order valence-corrected chi connectivity index (χ1v) is 5.90. The maximum atomic E-state index is 12.0. The zero-order valence-electron chi connectivity index (χ0n) is 9.32. The van der Waals surface area contributed by atoms with E-state index in [0.717, 1.165) is 9.38 Å². The highest BCUT2D eigenvalue weighted by Crippen LogP contribution is 2.29. The summed E-state index contributed by atoms with van der Waals surface area (Å²) in [5.41, 5.74) is 0.618. The summed E-state index contributed by atoms with van der Waals surface area (Å²) in [5.74, 6) is 0. The molecule has 0 aromatic carbocycles. The Balaban J connectivity index is 2.53. The molecule has 8 heteroatoms. The fourth-order valence-corrected chi connectivity index (χ4v) is 2.88. The van der Waals surface area contributed by atoms with E-state index in [0.29, 0.717) is 27.8 Å². The second-order valence-corrected chi connectivity index (χ2v) is 4.77. The summed E-state index contributed by atoms with van der Waals surface area (Å²) in [6, 6.07) is 0. The summed E-state index contributed by atoms with van der Waals surface area (Å²) < 4.78 is 3.33. The van der Waals surface area contributed by atoms with Gasteiger partial charge in [0.25, 0.3) is 5.56 Å². The SMILES string of the molecule is Cn1c2nc(C=O)sc2c2cnn(CO)c(=O)c21. The highest BCUT2D eigenvalue weighted by molar-refractivity contribution is 7.21. The smallest absolute Gasteiger partial charge is 0.293 e. The Hall–Kier alpha value is -2.06. The third-order valence-corrected chi connectivity index (χ3v) is 3.78. The molecule has 7 nitrogen and oxygen atoms in total. The van der Waals surface area contributed by atoms with Gasteiger partial charge in [-0.05, 0) is 0 Å². The summed E-state index contributed by atoms with van der Waals surface area (Å²) >= 11 is 1.22. The van der Waals surface area contributed by atoms with Crippen molar-refractivity contribution in [3.63, 3.8) is 0 Å². The molecular formula is C10H8N4O3S. The fraction of sp³-hybridized carbons (Fsp3) is 0.200. The molecule has 3 aromatic heterocycles. The second-order valence-electron chi connectivity index (χ2n) is 3.73. The Morgan fingerprint density at radius 1 is 1.56 bits per heavy atom. The van der Waals surface area contributed by atoms with Gasteiger partial charge in [0, 0.05) is 12.4 Å². The minimum absolute atomic E-state index is 0.365. The van der Waals surface area contributed by atoms with Gasteiger partial charge in [0.1, 0.15) is 12.2 Å². The normalized spacial score (nSPS) is 11.4. The van der Waals surface area contributed by atoms with Gasteiger partial charge in [-0.2, -0.15) is 5.10 Å². The summed E-state index contributed by atoms with van der Waals surface area (Å²) in [4.78, 5) is 26.9. The molecule has 18 heavy (non-hydrogen) atoms. The molecule has 0 saturated heterocycles. The van der Waals surface area contributed by atoms with Crippen molar-refractivity contribution in [2.24, 2.45) is 7.05 Å². The van der Waals surface area contributed by atoms with E-state index in [9.17, 15) is 9.59 Å². The van der Waals surface area contributed by atoms with Crippen LogP contribution < -0.4 is 5.56 Å². The van der Waals surface area contributed by atoms with E-state index in [2.05, 4.69) is 10.1 Å². The first kappa shape index (κ1) is 11.1. The number of carbonyl (C=O) groups is 1. The monoisotopic (exact) mass is 264 g/mol. The molecule has 0 aliphatic carbocycles. The van der Waals surface area contributed by atoms with Crippen LogP contribution in [-0.4, -0.2) is 30.7 Å². The fourth-order valence-electron chi connectivity index (χ4n) is 1.96. The number of carbonyl (C=O) groups excluding carboxylic acids is 1. The van der Waals surface area contributed by atoms with Gasteiger partial charge in [0.2, 0.25) is 0 Å². The third-order valence-electron chi connectivity index (χ3n) is 2.78. The highest BCUT2D eigenvalue weighted by Gasteiger charge is 2.17. The number of hydrogen-bond acceptors (Lipinski definition) is 6. The van der Waals surface area contributed by atoms with Crippen LogP contribution in [0.4, 0.5) is 0 Å². The van der Waals surface area contributed by atoms with Gasteiger partial charge in [-0.15, -0.1) is 11.3 Å². The minimum atomic E-state index is -0.472. The highest BCUT2D eigenvalue weighted by atomic mass is 32.1. The van der Waals surface area contributed by atoms with Gasteiger partial charge < -0.3 is 9.67 Å². The van der Waals surface area contributed by atoms with Gasteiger partial charge in [-0.1, -0.05) is 0 Å². The van der Waals surface area contributed by atoms with E-state index in [4.69, 9.17) is 5.11 Å². The number of aldehydes is 1. The van der Waals surface area contributed by atoms with Crippen molar-refractivity contribution in [1.82, 2.24) is 19.3 Å². The van der Waals surface area contributed by atoms with Gasteiger partial charge in [-0.3, -0.25) is 9.59 Å². The van der Waals surface area contributed by atoms with Crippen molar-refractivity contribution in [3.05, 3.63) is 21.6 Å². The van der Waals surface area contributed by atoms with E-state index < -0.39 is 6.73 Å². The second kappa shape index (κ2) is 3.72. The van der Waals surface area contributed by atoms with E-state index in [1.54, 1.807) is 11.6 Å². The van der Waals surface area contributed by atoms with Crippen LogP contribution in [0.5, 0.6) is 0 Å². The van der Waals surface area contributed by atoms with E-state index >= 15 is 0 Å². The van der Waals surface area contributed by atoms with Crippen molar-refractivity contribution in [3.8, 4) is 0 Å². The molecule has 1 N–H and O–H groups in total. The number of aliphatic hydroxyl groups is 1. The number of aliphatic hydroxyl groups excluding tert-OH is 1. The number of thiazole rings is 1. The summed E-state index contributed by atoms with van der Waals surface area (Å²) in [6.45, 7) is -0.472. The molecule has 0 fully saturated rings. The summed E-state index contributed by atoms with van der Waals surface area (Å²) in [5, 5.41) is 13.9. The molecule has 0 aliphatic rings. The summed E-state index contributed by atoms with van der Waals surface area (Å²) in [7, 11) is 1.70. The molecule has 0 bridgehead atoms. The molecular weight excluding hydrogens is 256 g/mol. The van der Waals surface area contributed by atoms with Crippen LogP contribution in [0, 0.1) is 0 Å². The molecule has 0 saturated carbocycles. The van der Waals surface area contributed by atoms with Crippen LogP contribution >= 0.6 is 11.3 Å². The largest absolute Gasteiger partial charge is 0.374 e. The van der Waals surface area contributed by atoms with Crippen LogP contribution in [0.1, 0.15) is 9.80 Å². The Kier molecular flexibility index (Phi) is 2.28. The predicted molar refractivity (Wildman–Crippen MR) is 65.8 cm³/mol. The molecule has 0 aliphatic heterocycles. The van der Waals surface area contributed by atoms with Crippen LogP contribution in [0.2, 0.25) is 0 Å². The molecule has 92 valence electrons. The first-order chi connectivity index (χ1) is 8.67. The number of aromatic nitrogens is 4. The van der Waals surface area contributed by atoms with Crippen molar-refractivity contribution < 1.29 is 9.90 Å². The predicted octanol–water partition coefficient (Wildman–Crippen LogP) is 0.107. The number of fused-ring (bicyclic) bond motifs is 3. The van der Waals surface area contributed by atoms with E-state index in [1.165, 1.54) is 17.5 Å². The van der Waals surface area contributed by atoms with E-state index in [1.807, 2.05) is 0 Å². The molecule has 3 aromatic rings. The molecule has 0 spiro atoms. The van der Waals surface area contributed by atoms with Crippen molar-refractivity contribution in [1.29, 1.82) is 0 Å². The van der Waals surface area contributed by atoms with Crippen molar-refractivity contribution in [2.75, 3.05) is 0 Å². The Labute approximate surface area is 104 Å². The van der Waals surface area contributed by atoms with E-state index in [-0.39, 0.29) is 5.56 Å². The topological polar surface area (TPSA) is 90.0 Å². The Morgan fingerprint density at radius 3 is 3.00 bits per heavy atom. The van der Waals surface area contributed by atoms with Crippen LogP contribution in [0.3, 0.4) is 0 Å². The molecule has 0 amide bonds. The molecule has 3 rings (SSSR count). The van der Waals surface area contributed by atoms with Crippen LogP contribution in [-0.2, 0) is 13.8 Å². The van der Waals surface area contributed by atoms with Crippen LogP contribution in [0.15, 0.2) is 11.0 Å². The van der Waals surface area contributed by atoms with Crippen LogP contribution in [0.25, 0.3) is 21.3 Å². The lowest BCUT2D eigenvalue weighted by molar-refractivity contribution is 0.112. The quantitative estimate of drug-likeness (QED) is 0.663. The standard InChI is InChI=1S/C10H8N4O3S/c1-13-7-5(2-11-14(4-16)10(7)17)8-9(13)12-6(3-15)18-8/h2-3,16H,4H2,1H3. The number of hydrogen-bond donors (Lipinski definition) is 1. The third kappa shape index (κ3) is 1.27. The summed E-state index contributed by atoms with van der Waals surface area (Å²) in [6.07, 6.45) is 2.18. The van der Waals surface area contributed by atoms with Crippen molar-refractivity contribution >= 4 is 38.9 Å². The molecule has 3 heterocycles. The lowest BCUT2D eigenvalue weighted by atomic mass is 10.4. The maximum absolute atomic E-state index is 12.0. The number of nitrogens with zero attached hydrogens (tertiary/aromatic N) is 4. The van der Waals surface area contributed by atoms with Gasteiger partial charge in [-0.25, -0.2) is 9.67 Å². The average Bonchev–Trinajstić information content (AvgIpc) is 2.90. The zero-order chi connectivity index (χ0) is 12.9. The first-order valence-electron chi connectivity index (χ1n) is 5.08.